The maximum absolute atomic E-state index is 13.0. The molecule has 2 aromatic rings. The van der Waals surface area contributed by atoms with E-state index in [1.165, 1.54) is 17.1 Å². The fourth-order valence-corrected chi connectivity index (χ4v) is 3.47. The predicted molar refractivity (Wildman–Crippen MR) is 126 cm³/mol. The second-order valence-electron chi connectivity index (χ2n) is 7.34. The van der Waals surface area contributed by atoms with Gasteiger partial charge in [-0.05, 0) is 52.8 Å². The fraction of sp³-hybridized carbons (Fsp3) is 0.391. The molecule has 0 fully saturated rings. The minimum absolute atomic E-state index is 0.145. The predicted octanol–water partition coefficient (Wildman–Crippen LogP) is 3.85. The van der Waals surface area contributed by atoms with E-state index in [9.17, 15) is 9.59 Å². The standard InChI is InChI=1S/C23H29IN2O5/c1-23(21(27)26(3)29-4,19-11-8-12-20(24)15-19)17-30-14-13-25(2)22(28)31-16-18-9-6-5-7-10-18/h5-12,15H,13-14,16-17H2,1-4H3. The van der Waals surface area contributed by atoms with E-state index < -0.39 is 11.5 Å². The number of nitrogens with zero attached hydrogens (tertiary/aromatic N) is 2. The van der Waals surface area contributed by atoms with Crippen LogP contribution in [0.25, 0.3) is 0 Å². The molecule has 0 spiro atoms. The quantitative estimate of drug-likeness (QED) is 0.260. The van der Waals surface area contributed by atoms with E-state index in [1.807, 2.05) is 61.5 Å². The Bertz CT molecular complexity index is 864. The minimum atomic E-state index is -0.932. The van der Waals surface area contributed by atoms with E-state index in [1.54, 1.807) is 14.1 Å². The van der Waals surface area contributed by atoms with Gasteiger partial charge in [0.2, 0.25) is 0 Å². The number of rotatable bonds is 10. The Labute approximate surface area is 197 Å². The normalized spacial score (nSPS) is 12.7. The van der Waals surface area contributed by atoms with Crippen LogP contribution in [-0.4, -0.2) is 62.9 Å². The summed E-state index contributed by atoms with van der Waals surface area (Å²) in [5.74, 6) is -0.215. The van der Waals surface area contributed by atoms with E-state index in [2.05, 4.69) is 22.6 Å². The molecule has 0 aliphatic rings. The molecule has 31 heavy (non-hydrogen) atoms. The topological polar surface area (TPSA) is 68.3 Å². The summed E-state index contributed by atoms with van der Waals surface area (Å²) >= 11 is 2.21. The largest absolute Gasteiger partial charge is 0.445 e. The van der Waals surface area contributed by atoms with Crippen molar-refractivity contribution in [3.63, 3.8) is 0 Å². The van der Waals surface area contributed by atoms with Gasteiger partial charge in [0, 0.05) is 24.2 Å². The lowest BCUT2D eigenvalue weighted by molar-refractivity contribution is -0.177. The van der Waals surface area contributed by atoms with Crippen LogP contribution in [0.2, 0.25) is 0 Å². The zero-order valence-electron chi connectivity index (χ0n) is 18.3. The van der Waals surface area contributed by atoms with Gasteiger partial charge in [0.25, 0.3) is 5.91 Å². The highest BCUT2D eigenvalue weighted by molar-refractivity contribution is 14.1. The van der Waals surface area contributed by atoms with Gasteiger partial charge in [0.1, 0.15) is 6.61 Å². The van der Waals surface area contributed by atoms with Crippen molar-refractivity contribution in [1.29, 1.82) is 0 Å². The molecule has 0 bridgehead atoms. The van der Waals surface area contributed by atoms with Gasteiger partial charge in [0.05, 0.1) is 25.7 Å². The first kappa shape index (κ1) is 25.1. The van der Waals surface area contributed by atoms with Crippen LogP contribution in [-0.2, 0) is 31.1 Å². The van der Waals surface area contributed by atoms with Crippen LogP contribution in [0, 0.1) is 3.57 Å². The van der Waals surface area contributed by atoms with Crippen molar-refractivity contribution in [3.8, 4) is 0 Å². The van der Waals surface area contributed by atoms with Crippen molar-refractivity contribution in [2.45, 2.75) is 18.9 Å². The first-order valence-electron chi connectivity index (χ1n) is 9.86. The van der Waals surface area contributed by atoms with Crippen molar-refractivity contribution < 1.29 is 23.9 Å². The molecule has 8 heteroatoms. The number of hydrogen-bond donors (Lipinski definition) is 0. The summed E-state index contributed by atoms with van der Waals surface area (Å²) in [4.78, 5) is 31.7. The Morgan fingerprint density at radius 2 is 1.77 bits per heavy atom. The Morgan fingerprint density at radius 1 is 1.06 bits per heavy atom. The molecule has 0 aromatic heterocycles. The third-order valence-electron chi connectivity index (χ3n) is 4.97. The molecule has 0 radical (unpaired) electrons. The lowest BCUT2D eigenvalue weighted by Gasteiger charge is -2.32. The molecular formula is C23H29IN2O5. The molecule has 2 amide bonds. The van der Waals surface area contributed by atoms with Crippen LogP contribution in [0.5, 0.6) is 0 Å². The maximum atomic E-state index is 13.0. The highest BCUT2D eigenvalue weighted by atomic mass is 127. The first-order valence-corrected chi connectivity index (χ1v) is 10.9. The summed E-state index contributed by atoms with van der Waals surface area (Å²) in [6, 6.07) is 17.2. The van der Waals surface area contributed by atoms with Crippen LogP contribution < -0.4 is 0 Å². The number of hydroxylamine groups is 2. The molecule has 0 N–H and O–H groups in total. The molecule has 0 heterocycles. The summed E-state index contributed by atoms with van der Waals surface area (Å²) in [6.45, 7) is 2.79. The third kappa shape index (κ3) is 7.19. The lowest BCUT2D eigenvalue weighted by Crippen LogP contribution is -2.46. The average Bonchev–Trinajstić information content (AvgIpc) is 2.79. The van der Waals surface area contributed by atoms with E-state index in [0.29, 0.717) is 6.54 Å². The maximum Gasteiger partial charge on any atom is 0.409 e. The SMILES string of the molecule is CON(C)C(=O)C(C)(COCCN(C)C(=O)OCc1ccccc1)c1cccc(I)c1. The Hall–Kier alpha value is -2.17. The fourth-order valence-electron chi connectivity index (χ4n) is 2.93. The molecule has 1 unspecified atom stereocenters. The number of ether oxygens (including phenoxy) is 2. The van der Waals surface area contributed by atoms with Crippen molar-refractivity contribution in [2.24, 2.45) is 0 Å². The molecule has 0 aliphatic carbocycles. The van der Waals surface area contributed by atoms with Crippen molar-refractivity contribution >= 4 is 34.6 Å². The van der Waals surface area contributed by atoms with Gasteiger partial charge in [-0.3, -0.25) is 9.63 Å². The van der Waals surface area contributed by atoms with E-state index in [-0.39, 0.29) is 25.7 Å². The summed E-state index contributed by atoms with van der Waals surface area (Å²) in [5, 5.41) is 1.20. The highest BCUT2D eigenvalue weighted by Crippen LogP contribution is 2.28. The second kappa shape index (κ2) is 12.0. The van der Waals surface area contributed by atoms with Gasteiger partial charge >= 0.3 is 6.09 Å². The number of halogens is 1. The number of benzene rings is 2. The van der Waals surface area contributed by atoms with E-state index >= 15 is 0 Å². The van der Waals surface area contributed by atoms with Gasteiger partial charge in [-0.15, -0.1) is 0 Å². The number of likely N-dealkylation sites (N-methyl/N-ethyl adjacent to an activating group) is 2. The zero-order chi connectivity index (χ0) is 22.9. The van der Waals surface area contributed by atoms with Crippen LogP contribution >= 0.6 is 22.6 Å². The van der Waals surface area contributed by atoms with Gasteiger partial charge in [0.15, 0.2) is 0 Å². The van der Waals surface area contributed by atoms with Crippen LogP contribution in [0.4, 0.5) is 4.79 Å². The van der Waals surface area contributed by atoms with Crippen LogP contribution in [0.15, 0.2) is 54.6 Å². The van der Waals surface area contributed by atoms with Crippen molar-refractivity contribution in [1.82, 2.24) is 9.96 Å². The van der Waals surface area contributed by atoms with E-state index in [4.69, 9.17) is 14.3 Å². The smallest absolute Gasteiger partial charge is 0.409 e. The molecule has 168 valence electrons. The molecule has 2 rings (SSSR count). The molecule has 0 aliphatic heterocycles. The summed E-state index contributed by atoms with van der Waals surface area (Å²) < 4.78 is 12.2. The van der Waals surface area contributed by atoms with Gasteiger partial charge in [-0.2, -0.15) is 0 Å². The van der Waals surface area contributed by atoms with Gasteiger partial charge in [-0.1, -0.05) is 42.5 Å². The molecule has 7 nitrogen and oxygen atoms in total. The first-order chi connectivity index (χ1) is 14.8. The van der Waals surface area contributed by atoms with Crippen LogP contribution in [0.3, 0.4) is 0 Å². The summed E-state index contributed by atoms with van der Waals surface area (Å²) in [6.07, 6.45) is -0.428. The summed E-state index contributed by atoms with van der Waals surface area (Å²) in [5.41, 5.74) is 0.830. The number of carbonyl (C=O) groups is 2. The number of amides is 2. The average molecular weight is 540 g/mol. The van der Waals surface area contributed by atoms with Crippen LogP contribution in [0.1, 0.15) is 18.1 Å². The van der Waals surface area contributed by atoms with Crippen molar-refractivity contribution in [3.05, 3.63) is 69.3 Å². The molecule has 0 saturated heterocycles. The Balaban J connectivity index is 1.91. The Kier molecular flexibility index (Phi) is 9.73. The molecule has 1 atom stereocenters. The van der Waals surface area contributed by atoms with Gasteiger partial charge in [-0.25, -0.2) is 9.86 Å². The number of carbonyl (C=O) groups excluding carboxylic acids is 2. The Morgan fingerprint density at radius 3 is 2.42 bits per heavy atom. The molecular weight excluding hydrogens is 511 g/mol. The third-order valence-corrected chi connectivity index (χ3v) is 5.64. The van der Waals surface area contributed by atoms with Gasteiger partial charge < -0.3 is 14.4 Å². The molecule has 2 aromatic carbocycles. The minimum Gasteiger partial charge on any atom is -0.445 e. The molecule has 0 saturated carbocycles. The summed E-state index contributed by atoms with van der Waals surface area (Å²) in [7, 11) is 4.67. The lowest BCUT2D eigenvalue weighted by atomic mass is 9.82. The highest BCUT2D eigenvalue weighted by Gasteiger charge is 2.38. The second-order valence-corrected chi connectivity index (χ2v) is 8.59. The van der Waals surface area contributed by atoms with Crippen molar-refractivity contribution in [2.75, 3.05) is 41.0 Å². The van der Waals surface area contributed by atoms with E-state index in [0.717, 1.165) is 14.7 Å². The monoisotopic (exact) mass is 540 g/mol. The number of hydrogen-bond acceptors (Lipinski definition) is 5. The zero-order valence-corrected chi connectivity index (χ0v) is 20.5.